The maximum atomic E-state index is 11.4. The third kappa shape index (κ3) is 1.45. The number of carbonyl (C=O) groups is 1. The molecule has 68 valence electrons. The minimum absolute atomic E-state index is 0.0677. The smallest absolute Gasteiger partial charge is 0.224 e. The lowest BCUT2D eigenvalue weighted by Gasteiger charge is -2.23. The molecule has 1 atom stereocenters. The van der Waals surface area contributed by atoms with Crippen LogP contribution in [0.4, 0.5) is 0 Å². The number of hydrogen-bond donors (Lipinski definition) is 0. The van der Waals surface area contributed by atoms with E-state index in [1.54, 1.807) is 0 Å². The van der Waals surface area contributed by atoms with E-state index in [0.717, 1.165) is 6.54 Å². The summed E-state index contributed by atoms with van der Waals surface area (Å²) in [5, 5.41) is 0.0677. The highest BCUT2D eigenvalue weighted by molar-refractivity contribution is 6.22. The van der Waals surface area contributed by atoms with E-state index in [1.807, 2.05) is 4.90 Å². The zero-order chi connectivity index (χ0) is 8.55. The SMILES string of the molecule is O=C1CC(Cl)CN1C1CCCC1. The Morgan fingerprint density at radius 3 is 2.50 bits per heavy atom. The van der Waals surface area contributed by atoms with E-state index >= 15 is 0 Å². The first-order chi connectivity index (χ1) is 5.77. The quantitative estimate of drug-likeness (QED) is 0.573. The van der Waals surface area contributed by atoms with Crippen LogP contribution in [-0.4, -0.2) is 28.8 Å². The van der Waals surface area contributed by atoms with Gasteiger partial charge in [-0.2, -0.15) is 0 Å². The number of amides is 1. The summed E-state index contributed by atoms with van der Waals surface area (Å²) in [5.74, 6) is 0.266. The third-order valence-corrected chi connectivity index (χ3v) is 3.17. The predicted octanol–water partition coefficient (Wildman–Crippen LogP) is 1.77. The van der Waals surface area contributed by atoms with Crippen molar-refractivity contribution in [3.8, 4) is 0 Å². The van der Waals surface area contributed by atoms with Gasteiger partial charge < -0.3 is 4.90 Å². The number of hydrogen-bond acceptors (Lipinski definition) is 1. The monoisotopic (exact) mass is 187 g/mol. The predicted molar refractivity (Wildman–Crippen MR) is 48.2 cm³/mol. The summed E-state index contributed by atoms with van der Waals surface area (Å²) in [6.07, 6.45) is 5.49. The van der Waals surface area contributed by atoms with Crippen molar-refractivity contribution in [2.75, 3.05) is 6.54 Å². The molecule has 1 saturated carbocycles. The molecule has 2 rings (SSSR count). The summed E-state index contributed by atoms with van der Waals surface area (Å²) in [6.45, 7) is 0.783. The van der Waals surface area contributed by atoms with E-state index in [0.29, 0.717) is 12.5 Å². The molecule has 2 fully saturated rings. The zero-order valence-electron chi connectivity index (χ0n) is 7.13. The van der Waals surface area contributed by atoms with Gasteiger partial charge in [-0.05, 0) is 12.8 Å². The standard InChI is InChI=1S/C9H14ClNO/c10-7-5-9(12)11(6-7)8-3-1-2-4-8/h7-8H,1-6H2. The van der Waals surface area contributed by atoms with Crippen LogP contribution in [-0.2, 0) is 4.79 Å². The van der Waals surface area contributed by atoms with E-state index < -0.39 is 0 Å². The Kier molecular flexibility index (Phi) is 2.26. The minimum atomic E-state index is 0.0677. The second-order valence-corrected chi connectivity index (χ2v) is 4.40. The third-order valence-electron chi connectivity index (χ3n) is 2.88. The topological polar surface area (TPSA) is 20.3 Å². The molecular weight excluding hydrogens is 174 g/mol. The number of rotatable bonds is 1. The van der Waals surface area contributed by atoms with Crippen molar-refractivity contribution < 1.29 is 4.79 Å². The van der Waals surface area contributed by atoms with E-state index in [-0.39, 0.29) is 11.3 Å². The number of likely N-dealkylation sites (tertiary alicyclic amines) is 1. The van der Waals surface area contributed by atoms with Crippen molar-refractivity contribution in [1.82, 2.24) is 4.90 Å². The van der Waals surface area contributed by atoms with Gasteiger partial charge in [-0.15, -0.1) is 11.6 Å². The molecule has 2 aliphatic rings. The Hall–Kier alpha value is -0.240. The Balaban J connectivity index is 1.98. The maximum absolute atomic E-state index is 11.4. The van der Waals surface area contributed by atoms with E-state index in [2.05, 4.69) is 0 Å². The van der Waals surface area contributed by atoms with Crippen LogP contribution in [0.3, 0.4) is 0 Å². The van der Waals surface area contributed by atoms with Crippen molar-refractivity contribution in [3.63, 3.8) is 0 Å². The molecule has 1 unspecified atom stereocenters. The van der Waals surface area contributed by atoms with Gasteiger partial charge in [0.1, 0.15) is 0 Å². The molecule has 0 spiro atoms. The molecule has 1 amide bonds. The fourth-order valence-electron chi connectivity index (χ4n) is 2.26. The normalized spacial score (nSPS) is 31.9. The van der Waals surface area contributed by atoms with Crippen LogP contribution in [0.1, 0.15) is 32.1 Å². The Labute approximate surface area is 77.9 Å². The first kappa shape index (κ1) is 8.36. The second-order valence-electron chi connectivity index (χ2n) is 3.79. The van der Waals surface area contributed by atoms with Crippen LogP contribution < -0.4 is 0 Å². The Morgan fingerprint density at radius 1 is 1.33 bits per heavy atom. The molecule has 1 saturated heterocycles. The Bertz CT molecular complexity index is 189. The maximum Gasteiger partial charge on any atom is 0.224 e. The molecule has 0 N–H and O–H groups in total. The van der Waals surface area contributed by atoms with Crippen molar-refractivity contribution in [1.29, 1.82) is 0 Å². The molecule has 0 bridgehead atoms. The first-order valence-electron chi connectivity index (χ1n) is 4.71. The lowest BCUT2D eigenvalue weighted by molar-refractivity contribution is -0.129. The average Bonchev–Trinajstić information content (AvgIpc) is 2.58. The fourth-order valence-corrected chi connectivity index (χ4v) is 2.54. The summed E-state index contributed by atoms with van der Waals surface area (Å²) in [6, 6.07) is 0.515. The molecule has 0 aromatic carbocycles. The minimum Gasteiger partial charge on any atom is -0.338 e. The number of nitrogens with zero attached hydrogens (tertiary/aromatic N) is 1. The average molecular weight is 188 g/mol. The first-order valence-corrected chi connectivity index (χ1v) is 5.14. The van der Waals surface area contributed by atoms with E-state index in [1.165, 1.54) is 25.7 Å². The van der Waals surface area contributed by atoms with Gasteiger partial charge in [-0.3, -0.25) is 4.79 Å². The second kappa shape index (κ2) is 3.25. The lowest BCUT2D eigenvalue weighted by Crippen LogP contribution is -2.34. The van der Waals surface area contributed by atoms with Crippen molar-refractivity contribution >= 4 is 17.5 Å². The van der Waals surface area contributed by atoms with Gasteiger partial charge in [0.05, 0.1) is 5.38 Å². The molecule has 1 aliphatic heterocycles. The van der Waals surface area contributed by atoms with Gasteiger partial charge in [-0.25, -0.2) is 0 Å². The van der Waals surface area contributed by atoms with E-state index in [9.17, 15) is 4.79 Å². The summed E-state index contributed by atoms with van der Waals surface area (Å²) < 4.78 is 0. The van der Waals surface area contributed by atoms with Crippen LogP contribution in [0.25, 0.3) is 0 Å². The molecule has 3 heteroatoms. The number of alkyl halides is 1. The molecule has 0 aromatic heterocycles. The van der Waals surface area contributed by atoms with Crippen molar-refractivity contribution in [2.45, 2.75) is 43.5 Å². The molecule has 12 heavy (non-hydrogen) atoms. The van der Waals surface area contributed by atoms with Gasteiger partial charge in [0, 0.05) is 19.0 Å². The van der Waals surface area contributed by atoms with Crippen LogP contribution in [0.15, 0.2) is 0 Å². The van der Waals surface area contributed by atoms with Gasteiger partial charge in [0.15, 0.2) is 0 Å². The van der Waals surface area contributed by atoms with Crippen molar-refractivity contribution in [2.24, 2.45) is 0 Å². The Morgan fingerprint density at radius 2 is 2.00 bits per heavy atom. The molecule has 1 heterocycles. The van der Waals surface area contributed by atoms with Gasteiger partial charge >= 0.3 is 0 Å². The number of carbonyl (C=O) groups excluding carboxylic acids is 1. The van der Waals surface area contributed by atoms with Crippen LogP contribution in [0, 0.1) is 0 Å². The summed E-state index contributed by atoms with van der Waals surface area (Å²) in [4.78, 5) is 13.4. The van der Waals surface area contributed by atoms with Gasteiger partial charge in [0.2, 0.25) is 5.91 Å². The largest absolute Gasteiger partial charge is 0.338 e. The summed E-state index contributed by atoms with van der Waals surface area (Å²) >= 11 is 5.92. The van der Waals surface area contributed by atoms with Crippen molar-refractivity contribution in [3.05, 3.63) is 0 Å². The molecular formula is C9H14ClNO. The molecule has 0 radical (unpaired) electrons. The molecule has 1 aliphatic carbocycles. The fraction of sp³-hybridized carbons (Fsp3) is 0.889. The highest BCUT2D eigenvalue weighted by Crippen LogP contribution is 2.28. The number of halogens is 1. The van der Waals surface area contributed by atoms with Gasteiger partial charge in [-0.1, -0.05) is 12.8 Å². The van der Waals surface area contributed by atoms with Crippen LogP contribution >= 0.6 is 11.6 Å². The highest BCUT2D eigenvalue weighted by atomic mass is 35.5. The molecule has 2 nitrogen and oxygen atoms in total. The van der Waals surface area contributed by atoms with Crippen LogP contribution in [0.2, 0.25) is 0 Å². The highest BCUT2D eigenvalue weighted by Gasteiger charge is 2.34. The lowest BCUT2D eigenvalue weighted by atomic mass is 10.2. The molecule has 0 aromatic rings. The van der Waals surface area contributed by atoms with Gasteiger partial charge in [0.25, 0.3) is 0 Å². The zero-order valence-corrected chi connectivity index (χ0v) is 7.89. The van der Waals surface area contributed by atoms with Crippen LogP contribution in [0.5, 0.6) is 0 Å². The summed E-state index contributed by atoms with van der Waals surface area (Å²) in [7, 11) is 0. The summed E-state index contributed by atoms with van der Waals surface area (Å²) in [5.41, 5.74) is 0. The van der Waals surface area contributed by atoms with E-state index in [4.69, 9.17) is 11.6 Å².